The highest BCUT2D eigenvalue weighted by atomic mass is 16.1. The summed E-state index contributed by atoms with van der Waals surface area (Å²) in [5.41, 5.74) is 12.9. The van der Waals surface area contributed by atoms with Gasteiger partial charge in [-0.2, -0.15) is 5.10 Å². The van der Waals surface area contributed by atoms with Crippen molar-refractivity contribution in [3.05, 3.63) is 85.2 Å². The van der Waals surface area contributed by atoms with E-state index in [0.29, 0.717) is 23.6 Å². The van der Waals surface area contributed by atoms with Crippen LogP contribution >= 0.6 is 0 Å². The number of hydrogen-bond acceptors (Lipinski definition) is 6. The summed E-state index contributed by atoms with van der Waals surface area (Å²) >= 11 is 0. The van der Waals surface area contributed by atoms with Crippen molar-refractivity contribution in [3.63, 3.8) is 0 Å². The lowest BCUT2D eigenvalue weighted by Gasteiger charge is -2.10. The average molecular weight is 465 g/mol. The van der Waals surface area contributed by atoms with Gasteiger partial charge >= 0.3 is 0 Å². The Morgan fingerprint density at radius 1 is 1.11 bits per heavy atom. The predicted octanol–water partition coefficient (Wildman–Crippen LogP) is 4.04. The molecule has 4 aromatic heterocycles. The largest absolute Gasteiger partial charge is 0.383 e. The topological polar surface area (TPSA) is 117 Å². The zero-order valence-electron chi connectivity index (χ0n) is 19.4. The van der Waals surface area contributed by atoms with Gasteiger partial charge in [0, 0.05) is 48.0 Å². The molecule has 0 fully saturated rings. The predicted molar refractivity (Wildman–Crippen MR) is 136 cm³/mol. The van der Waals surface area contributed by atoms with Crippen LogP contribution in [0, 0.1) is 0 Å². The third-order valence-electron chi connectivity index (χ3n) is 5.79. The van der Waals surface area contributed by atoms with Crippen LogP contribution in [-0.4, -0.2) is 35.2 Å². The Kier molecular flexibility index (Phi) is 5.58. The maximum atomic E-state index is 12.0. The van der Waals surface area contributed by atoms with Gasteiger partial charge in [0.15, 0.2) is 0 Å². The quantitative estimate of drug-likeness (QED) is 0.366. The molecular weight excluding hydrogens is 440 g/mol. The molecule has 0 atom stereocenters. The zero-order chi connectivity index (χ0) is 24.5. The van der Waals surface area contributed by atoms with E-state index in [1.807, 2.05) is 71.3 Å². The highest BCUT2D eigenvalue weighted by Gasteiger charge is 2.23. The lowest BCUT2D eigenvalue weighted by atomic mass is 10.0. The third kappa shape index (κ3) is 4.15. The Morgan fingerprint density at radius 2 is 1.91 bits per heavy atom. The van der Waals surface area contributed by atoms with Gasteiger partial charge in [0.1, 0.15) is 17.8 Å². The van der Waals surface area contributed by atoms with Crippen LogP contribution < -0.4 is 11.1 Å². The van der Waals surface area contributed by atoms with Gasteiger partial charge in [0.25, 0.3) is 5.91 Å². The van der Waals surface area contributed by atoms with Crippen molar-refractivity contribution in [2.75, 3.05) is 11.1 Å². The minimum atomic E-state index is -0.216. The molecule has 1 amide bonds. The first-order valence-corrected chi connectivity index (χ1v) is 11.0. The van der Waals surface area contributed by atoms with Gasteiger partial charge in [-0.25, -0.2) is 9.97 Å². The van der Waals surface area contributed by atoms with E-state index < -0.39 is 0 Å². The summed E-state index contributed by atoms with van der Waals surface area (Å²) in [6, 6.07) is 11.5. The first-order chi connectivity index (χ1) is 16.9. The van der Waals surface area contributed by atoms with Gasteiger partial charge in [-0.1, -0.05) is 24.8 Å². The highest BCUT2D eigenvalue weighted by molar-refractivity contribution is 6.08. The maximum absolute atomic E-state index is 12.0. The number of carbonyl (C=O) groups excluding carboxylic acids is 1. The van der Waals surface area contributed by atoms with E-state index in [2.05, 4.69) is 31.9 Å². The summed E-state index contributed by atoms with van der Waals surface area (Å²) in [4.78, 5) is 24.9. The Balaban J connectivity index is 1.61. The fourth-order valence-corrected chi connectivity index (χ4v) is 4.10. The molecule has 9 nitrogen and oxygen atoms in total. The molecule has 0 aliphatic carbocycles. The Bertz CT molecular complexity index is 1550. The summed E-state index contributed by atoms with van der Waals surface area (Å²) in [5, 5.41) is 8.18. The standard InChI is InChI=1S/C26H24N8O/c1-16(2)26(35)32-20-8-6-18(7-9-20)23-21(22-24(27)29-15-30-25(22)33(23)3)19-12-31-34(14-19)13-17-5-4-10-28-11-17/h4-12,14-15H,1,13H2,2-3H3,(H,32,35)(H2,27,29,30). The van der Waals surface area contributed by atoms with Crippen LogP contribution in [0.3, 0.4) is 0 Å². The summed E-state index contributed by atoms with van der Waals surface area (Å²) in [6.07, 6.45) is 8.85. The number of nitrogens with one attached hydrogen (secondary N) is 1. The van der Waals surface area contributed by atoms with E-state index in [1.165, 1.54) is 6.33 Å². The van der Waals surface area contributed by atoms with Gasteiger partial charge in [0.2, 0.25) is 0 Å². The minimum Gasteiger partial charge on any atom is -0.383 e. The number of aromatic nitrogens is 6. The van der Waals surface area contributed by atoms with Crippen LogP contribution in [0.5, 0.6) is 0 Å². The van der Waals surface area contributed by atoms with E-state index in [-0.39, 0.29) is 5.91 Å². The van der Waals surface area contributed by atoms with E-state index in [1.54, 1.807) is 13.1 Å². The first kappa shape index (κ1) is 22.0. The molecular formula is C26H24N8O. The molecule has 0 spiro atoms. The fourth-order valence-electron chi connectivity index (χ4n) is 4.10. The number of carbonyl (C=O) groups is 1. The number of amides is 1. The molecule has 9 heteroatoms. The van der Waals surface area contributed by atoms with Crippen LogP contribution in [0.1, 0.15) is 12.5 Å². The molecule has 0 aliphatic rings. The van der Waals surface area contributed by atoms with Crippen molar-refractivity contribution >= 4 is 28.4 Å². The Hall–Kier alpha value is -4.79. The number of nitrogen functional groups attached to an aromatic ring is 1. The highest BCUT2D eigenvalue weighted by Crippen LogP contribution is 2.41. The van der Waals surface area contributed by atoms with Crippen molar-refractivity contribution in [3.8, 4) is 22.4 Å². The average Bonchev–Trinajstić information content (AvgIpc) is 3.43. The van der Waals surface area contributed by atoms with E-state index in [4.69, 9.17) is 5.73 Å². The third-order valence-corrected chi connectivity index (χ3v) is 5.79. The summed E-state index contributed by atoms with van der Waals surface area (Å²) in [7, 11) is 1.95. The van der Waals surface area contributed by atoms with Crippen LogP contribution in [-0.2, 0) is 18.4 Å². The lowest BCUT2D eigenvalue weighted by Crippen LogP contribution is -2.11. The van der Waals surface area contributed by atoms with Crippen molar-refractivity contribution in [1.29, 1.82) is 0 Å². The summed E-state index contributed by atoms with van der Waals surface area (Å²) < 4.78 is 3.87. The molecule has 5 rings (SSSR count). The second-order valence-electron chi connectivity index (χ2n) is 8.34. The fraction of sp³-hybridized carbons (Fsp3) is 0.115. The minimum absolute atomic E-state index is 0.216. The van der Waals surface area contributed by atoms with Gasteiger partial charge in [-0.15, -0.1) is 0 Å². The van der Waals surface area contributed by atoms with E-state index >= 15 is 0 Å². The van der Waals surface area contributed by atoms with Gasteiger partial charge in [-0.3, -0.25) is 14.5 Å². The molecule has 0 bridgehead atoms. The Labute approximate surface area is 202 Å². The van der Waals surface area contributed by atoms with E-state index in [9.17, 15) is 4.79 Å². The lowest BCUT2D eigenvalue weighted by molar-refractivity contribution is -0.112. The van der Waals surface area contributed by atoms with Crippen molar-refractivity contribution in [2.24, 2.45) is 7.05 Å². The van der Waals surface area contributed by atoms with Gasteiger partial charge in [0.05, 0.1) is 23.8 Å². The SMILES string of the molecule is C=C(C)C(=O)Nc1ccc(-c2c(-c3cnn(Cc4cccnc4)c3)c3c(N)ncnc3n2C)cc1. The molecule has 0 radical (unpaired) electrons. The summed E-state index contributed by atoms with van der Waals surface area (Å²) in [5.74, 6) is 0.185. The number of rotatable bonds is 6. The second kappa shape index (κ2) is 8.86. The molecule has 1 aromatic carbocycles. The number of anilines is 2. The maximum Gasteiger partial charge on any atom is 0.250 e. The molecule has 0 unspecified atom stereocenters. The molecule has 0 saturated heterocycles. The molecule has 174 valence electrons. The number of fused-ring (bicyclic) bond motifs is 1. The summed E-state index contributed by atoms with van der Waals surface area (Å²) in [6.45, 7) is 5.95. The monoisotopic (exact) mass is 464 g/mol. The molecule has 5 aromatic rings. The number of nitrogens with two attached hydrogens (primary N) is 1. The van der Waals surface area contributed by atoms with Gasteiger partial charge < -0.3 is 15.6 Å². The Morgan fingerprint density at radius 3 is 2.63 bits per heavy atom. The number of benzene rings is 1. The van der Waals surface area contributed by atoms with Crippen LogP contribution in [0.2, 0.25) is 0 Å². The van der Waals surface area contributed by atoms with Crippen LogP contribution in [0.4, 0.5) is 11.5 Å². The molecule has 4 heterocycles. The number of pyridine rings is 1. The zero-order valence-corrected chi connectivity index (χ0v) is 19.4. The molecule has 0 saturated carbocycles. The van der Waals surface area contributed by atoms with Crippen molar-refractivity contribution in [2.45, 2.75) is 13.5 Å². The van der Waals surface area contributed by atoms with Crippen LogP contribution in [0.15, 0.2) is 79.7 Å². The smallest absolute Gasteiger partial charge is 0.250 e. The second-order valence-corrected chi connectivity index (χ2v) is 8.34. The van der Waals surface area contributed by atoms with Crippen LogP contribution in [0.25, 0.3) is 33.4 Å². The number of nitrogens with zero attached hydrogens (tertiary/aromatic N) is 6. The van der Waals surface area contributed by atoms with Crippen molar-refractivity contribution < 1.29 is 4.79 Å². The van der Waals surface area contributed by atoms with Crippen molar-refractivity contribution in [1.82, 2.24) is 29.3 Å². The normalized spacial score (nSPS) is 11.0. The number of aryl methyl sites for hydroxylation is 1. The first-order valence-electron chi connectivity index (χ1n) is 11.0. The number of hydrogen-bond donors (Lipinski definition) is 2. The molecule has 0 aliphatic heterocycles. The molecule has 35 heavy (non-hydrogen) atoms. The molecule has 3 N–H and O–H groups in total. The van der Waals surface area contributed by atoms with E-state index in [0.717, 1.165) is 39.0 Å². The van der Waals surface area contributed by atoms with Gasteiger partial charge in [-0.05, 0) is 36.2 Å².